The van der Waals surface area contributed by atoms with E-state index in [1.807, 2.05) is 13.8 Å². The molecule has 0 aromatic carbocycles. The third-order valence-electron chi connectivity index (χ3n) is 2.84. The summed E-state index contributed by atoms with van der Waals surface area (Å²) in [5.74, 6) is -2.10. The van der Waals surface area contributed by atoms with Crippen LogP contribution in [-0.4, -0.2) is 36.1 Å². The lowest BCUT2D eigenvalue weighted by atomic mass is 10.0. The molecule has 0 aromatic heterocycles. The topological polar surface area (TPSA) is 92.7 Å². The number of rotatable bonds is 8. The highest BCUT2D eigenvalue weighted by molar-refractivity contribution is 5.85. The Morgan fingerprint density at radius 3 is 2.17 bits per heavy atom. The molecule has 0 spiro atoms. The van der Waals surface area contributed by atoms with Crippen LogP contribution in [0.4, 0.5) is 0 Å². The first-order valence-electron chi connectivity index (χ1n) is 6.06. The molecule has 0 aliphatic rings. The summed E-state index contributed by atoms with van der Waals surface area (Å²) >= 11 is 0. The van der Waals surface area contributed by atoms with Gasteiger partial charge in [0.05, 0.1) is 7.11 Å². The van der Waals surface area contributed by atoms with E-state index in [0.29, 0.717) is 12.8 Å². The number of nitrogens with one attached hydrogen (secondary N) is 1. The highest BCUT2D eigenvalue weighted by atomic mass is 16.5. The van der Waals surface area contributed by atoms with Crippen molar-refractivity contribution in [3.05, 3.63) is 0 Å². The van der Waals surface area contributed by atoms with Gasteiger partial charge in [-0.1, -0.05) is 13.8 Å². The standard InChI is InChI=1S/C12H21NO5/c1-4-8(5-2)11(15)13-9(12(16)17)6-7-10(14)18-3/h8-9H,4-7H2,1-3H3,(H,13,15)(H,16,17)/t9-/m1/s1. The lowest BCUT2D eigenvalue weighted by molar-refractivity contribution is -0.144. The minimum Gasteiger partial charge on any atom is -0.480 e. The Balaban J connectivity index is 4.40. The summed E-state index contributed by atoms with van der Waals surface area (Å²) in [6.45, 7) is 3.75. The number of carbonyl (C=O) groups excluding carboxylic acids is 2. The van der Waals surface area contributed by atoms with Gasteiger partial charge in [-0.3, -0.25) is 9.59 Å². The summed E-state index contributed by atoms with van der Waals surface area (Å²) < 4.78 is 4.43. The van der Waals surface area contributed by atoms with Gasteiger partial charge in [0.25, 0.3) is 0 Å². The molecule has 104 valence electrons. The van der Waals surface area contributed by atoms with Gasteiger partial charge >= 0.3 is 11.9 Å². The van der Waals surface area contributed by atoms with E-state index < -0.39 is 18.0 Å². The number of hydrogen-bond acceptors (Lipinski definition) is 4. The lowest BCUT2D eigenvalue weighted by Crippen LogP contribution is -2.43. The Kier molecular flexibility index (Phi) is 7.74. The van der Waals surface area contributed by atoms with E-state index in [4.69, 9.17) is 5.11 Å². The second-order valence-electron chi connectivity index (χ2n) is 4.03. The van der Waals surface area contributed by atoms with Crippen LogP contribution in [-0.2, 0) is 19.1 Å². The third-order valence-corrected chi connectivity index (χ3v) is 2.84. The highest BCUT2D eigenvalue weighted by Gasteiger charge is 2.24. The quantitative estimate of drug-likeness (QED) is 0.633. The zero-order valence-corrected chi connectivity index (χ0v) is 11.1. The fraction of sp³-hybridized carbons (Fsp3) is 0.750. The largest absolute Gasteiger partial charge is 0.480 e. The molecule has 1 amide bonds. The summed E-state index contributed by atoms with van der Waals surface area (Å²) in [5, 5.41) is 11.4. The average Bonchev–Trinajstić information content (AvgIpc) is 2.34. The molecule has 6 heteroatoms. The van der Waals surface area contributed by atoms with Crippen molar-refractivity contribution in [3.63, 3.8) is 0 Å². The fourth-order valence-electron chi connectivity index (χ4n) is 1.57. The third kappa shape index (κ3) is 5.65. The molecular formula is C12H21NO5. The van der Waals surface area contributed by atoms with Gasteiger partial charge in [0.1, 0.15) is 6.04 Å². The van der Waals surface area contributed by atoms with Crippen molar-refractivity contribution >= 4 is 17.8 Å². The molecule has 0 radical (unpaired) electrons. The van der Waals surface area contributed by atoms with Crippen LogP contribution in [0.2, 0.25) is 0 Å². The maximum absolute atomic E-state index is 11.7. The molecule has 1 atom stereocenters. The lowest BCUT2D eigenvalue weighted by Gasteiger charge is -2.18. The first-order chi connectivity index (χ1) is 8.46. The smallest absolute Gasteiger partial charge is 0.326 e. The summed E-state index contributed by atoms with van der Waals surface area (Å²) in [6, 6.07) is -1.04. The van der Waals surface area contributed by atoms with Crippen molar-refractivity contribution < 1.29 is 24.2 Å². The van der Waals surface area contributed by atoms with E-state index in [2.05, 4.69) is 10.1 Å². The summed E-state index contributed by atoms with van der Waals surface area (Å²) in [6.07, 6.45) is 1.32. The Hall–Kier alpha value is -1.59. The number of carboxylic acid groups (broad SMARTS) is 1. The Morgan fingerprint density at radius 1 is 1.22 bits per heavy atom. The van der Waals surface area contributed by atoms with Gasteiger partial charge in [0.15, 0.2) is 0 Å². The average molecular weight is 259 g/mol. The van der Waals surface area contributed by atoms with Crippen molar-refractivity contribution in [1.82, 2.24) is 5.32 Å². The van der Waals surface area contributed by atoms with E-state index in [1.54, 1.807) is 0 Å². The minimum atomic E-state index is -1.14. The van der Waals surface area contributed by atoms with Gasteiger partial charge in [0, 0.05) is 12.3 Å². The molecule has 0 rings (SSSR count). The Bertz CT molecular complexity index is 299. The monoisotopic (exact) mass is 259 g/mol. The van der Waals surface area contributed by atoms with Gasteiger partial charge in [-0.15, -0.1) is 0 Å². The minimum absolute atomic E-state index is 0.0311. The van der Waals surface area contributed by atoms with Crippen molar-refractivity contribution in [2.45, 2.75) is 45.6 Å². The van der Waals surface area contributed by atoms with Crippen molar-refractivity contribution in [1.29, 1.82) is 0 Å². The molecule has 0 fully saturated rings. The molecule has 2 N–H and O–H groups in total. The number of aliphatic carboxylic acids is 1. The maximum Gasteiger partial charge on any atom is 0.326 e. The van der Waals surface area contributed by atoms with Crippen molar-refractivity contribution in [3.8, 4) is 0 Å². The van der Waals surface area contributed by atoms with Crippen LogP contribution in [0.3, 0.4) is 0 Å². The molecule has 0 heterocycles. The second-order valence-corrected chi connectivity index (χ2v) is 4.03. The number of carboxylic acids is 1. The van der Waals surface area contributed by atoms with E-state index in [0.717, 1.165) is 0 Å². The molecule has 0 unspecified atom stereocenters. The summed E-state index contributed by atoms with van der Waals surface area (Å²) in [4.78, 5) is 33.7. The van der Waals surface area contributed by atoms with Crippen LogP contribution in [0.5, 0.6) is 0 Å². The van der Waals surface area contributed by atoms with E-state index in [-0.39, 0.29) is 24.7 Å². The van der Waals surface area contributed by atoms with Gasteiger partial charge in [-0.05, 0) is 19.3 Å². The number of ether oxygens (including phenoxy) is 1. The molecule has 6 nitrogen and oxygen atoms in total. The van der Waals surface area contributed by atoms with Gasteiger partial charge in [-0.25, -0.2) is 4.79 Å². The molecule has 0 aromatic rings. The molecule has 0 saturated heterocycles. The van der Waals surface area contributed by atoms with Crippen LogP contribution >= 0.6 is 0 Å². The zero-order valence-electron chi connectivity index (χ0n) is 11.1. The SMILES string of the molecule is CCC(CC)C(=O)N[C@H](CCC(=O)OC)C(=O)O. The molecule has 18 heavy (non-hydrogen) atoms. The first kappa shape index (κ1) is 16.4. The number of amides is 1. The first-order valence-corrected chi connectivity index (χ1v) is 6.06. The van der Waals surface area contributed by atoms with Gasteiger partial charge in [-0.2, -0.15) is 0 Å². The normalized spacial score (nSPS) is 12.0. The number of esters is 1. The number of methoxy groups -OCH3 is 1. The molecule has 0 aliphatic carbocycles. The van der Waals surface area contributed by atoms with E-state index in [9.17, 15) is 14.4 Å². The predicted molar refractivity (Wildman–Crippen MR) is 64.9 cm³/mol. The number of carbonyl (C=O) groups is 3. The van der Waals surface area contributed by atoms with Crippen LogP contribution < -0.4 is 5.32 Å². The van der Waals surface area contributed by atoms with Crippen molar-refractivity contribution in [2.24, 2.45) is 5.92 Å². The van der Waals surface area contributed by atoms with Gasteiger partial charge < -0.3 is 15.2 Å². The highest BCUT2D eigenvalue weighted by Crippen LogP contribution is 2.09. The fourth-order valence-corrected chi connectivity index (χ4v) is 1.57. The molecule has 0 aliphatic heterocycles. The Labute approximate surface area is 107 Å². The summed E-state index contributed by atoms with van der Waals surface area (Å²) in [5.41, 5.74) is 0. The molecule has 0 bridgehead atoms. The van der Waals surface area contributed by atoms with Crippen LogP contribution in [0, 0.1) is 5.92 Å². The summed E-state index contributed by atoms with van der Waals surface area (Å²) in [7, 11) is 1.24. The van der Waals surface area contributed by atoms with E-state index >= 15 is 0 Å². The molecular weight excluding hydrogens is 238 g/mol. The van der Waals surface area contributed by atoms with Crippen LogP contribution in [0.15, 0.2) is 0 Å². The van der Waals surface area contributed by atoms with Crippen LogP contribution in [0.1, 0.15) is 39.5 Å². The maximum atomic E-state index is 11.7. The Morgan fingerprint density at radius 2 is 1.78 bits per heavy atom. The van der Waals surface area contributed by atoms with Crippen LogP contribution in [0.25, 0.3) is 0 Å². The predicted octanol–water partition coefficient (Wildman–Crippen LogP) is 0.945. The van der Waals surface area contributed by atoms with Gasteiger partial charge in [0.2, 0.25) is 5.91 Å². The zero-order chi connectivity index (χ0) is 14.1. The molecule has 0 saturated carbocycles. The second kappa shape index (κ2) is 8.49. The number of hydrogen-bond donors (Lipinski definition) is 2. The van der Waals surface area contributed by atoms with Crippen molar-refractivity contribution in [2.75, 3.05) is 7.11 Å². The van der Waals surface area contributed by atoms with E-state index in [1.165, 1.54) is 7.11 Å².